The number of amides is 1. The summed E-state index contributed by atoms with van der Waals surface area (Å²) in [6.07, 6.45) is 5.18. The number of nitrogens with one attached hydrogen (secondary N) is 1. The van der Waals surface area contributed by atoms with Crippen LogP contribution in [0.2, 0.25) is 0 Å². The predicted octanol–water partition coefficient (Wildman–Crippen LogP) is 0.571. The molecule has 0 bridgehead atoms. The zero-order valence-electron chi connectivity index (χ0n) is 8.82. The van der Waals surface area contributed by atoms with Crippen LogP contribution in [0.4, 0.5) is 0 Å². The van der Waals surface area contributed by atoms with Gasteiger partial charge in [0, 0.05) is 11.1 Å². The summed E-state index contributed by atoms with van der Waals surface area (Å²) in [4.78, 5) is 22.3. The molecule has 1 rings (SSSR count). The molecule has 1 N–H and O–H groups in total. The number of hydrogen-bond donors (Lipinski definition) is 1. The first-order valence-corrected chi connectivity index (χ1v) is 4.59. The van der Waals surface area contributed by atoms with E-state index >= 15 is 0 Å². The minimum atomic E-state index is -0.492. The van der Waals surface area contributed by atoms with Crippen molar-refractivity contribution in [2.75, 3.05) is 13.7 Å². The summed E-state index contributed by atoms with van der Waals surface area (Å²) < 4.78 is 4.39. The zero-order valence-corrected chi connectivity index (χ0v) is 8.82. The van der Waals surface area contributed by atoms with Gasteiger partial charge in [-0.15, -0.1) is 6.42 Å². The summed E-state index contributed by atoms with van der Waals surface area (Å²) in [6.45, 7) is -0.147. The first-order valence-electron chi connectivity index (χ1n) is 4.59. The van der Waals surface area contributed by atoms with Gasteiger partial charge in [0.15, 0.2) is 0 Å². The van der Waals surface area contributed by atoms with Gasteiger partial charge in [-0.3, -0.25) is 9.59 Å². The lowest BCUT2D eigenvalue weighted by Crippen LogP contribution is -2.30. The molecule has 0 aliphatic heterocycles. The molecule has 0 aromatic heterocycles. The quantitative estimate of drug-likeness (QED) is 0.595. The summed E-state index contributed by atoms with van der Waals surface area (Å²) in [5.74, 6) is 1.62. The smallest absolute Gasteiger partial charge is 0.325 e. The highest BCUT2D eigenvalue weighted by molar-refractivity contribution is 5.95. The van der Waals surface area contributed by atoms with Gasteiger partial charge in [0.25, 0.3) is 5.91 Å². The Morgan fingerprint density at radius 2 is 2.00 bits per heavy atom. The van der Waals surface area contributed by atoms with Gasteiger partial charge in [0.2, 0.25) is 0 Å². The molecule has 0 unspecified atom stereocenters. The Morgan fingerprint density at radius 1 is 1.38 bits per heavy atom. The number of esters is 1. The summed E-state index contributed by atoms with van der Waals surface area (Å²) in [5, 5.41) is 2.42. The minimum Gasteiger partial charge on any atom is -0.468 e. The van der Waals surface area contributed by atoms with Crippen molar-refractivity contribution < 1.29 is 14.3 Å². The van der Waals surface area contributed by atoms with Crippen LogP contribution in [0, 0.1) is 12.3 Å². The van der Waals surface area contributed by atoms with E-state index in [2.05, 4.69) is 16.0 Å². The largest absolute Gasteiger partial charge is 0.468 e. The van der Waals surface area contributed by atoms with Gasteiger partial charge < -0.3 is 10.1 Å². The van der Waals surface area contributed by atoms with Gasteiger partial charge in [-0.1, -0.05) is 5.92 Å². The van der Waals surface area contributed by atoms with Gasteiger partial charge >= 0.3 is 5.97 Å². The van der Waals surface area contributed by atoms with Crippen LogP contribution in [-0.2, 0) is 9.53 Å². The Kier molecular flexibility index (Phi) is 4.10. The minimum absolute atomic E-state index is 0.147. The first-order chi connectivity index (χ1) is 7.67. The highest BCUT2D eigenvalue weighted by Crippen LogP contribution is 2.02. The number of carbonyl (C=O) groups excluding carboxylic acids is 2. The lowest BCUT2D eigenvalue weighted by Gasteiger charge is -2.03. The van der Waals surface area contributed by atoms with Crippen molar-refractivity contribution in [2.45, 2.75) is 0 Å². The van der Waals surface area contributed by atoms with E-state index in [4.69, 9.17) is 6.42 Å². The van der Waals surface area contributed by atoms with Gasteiger partial charge in [-0.05, 0) is 24.3 Å². The number of benzene rings is 1. The van der Waals surface area contributed by atoms with Crippen LogP contribution in [0.15, 0.2) is 24.3 Å². The molecule has 1 aromatic rings. The average molecular weight is 217 g/mol. The molecule has 0 spiro atoms. The average Bonchev–Trinajstić information content (AvgIpc) is 2.35. The molecule has 82 valence electrons. The second-order valence-electron chi connectivity index (χ2n) is 2.98. The maximum Gasteiger partial charge on any atom is 0.325 e. The van der Waals surface area contributed by atoms with Crippen LogP contribution in [0.1, 0.15) is 15.9 Å². The van der Waals surface area contributed by atoms with Gasteiger partial charge in [0.1, 0.15) is 6.54 Å². The lowest BCUT2D eigenvalue weighted by atomic mass is 10.1. The molecule has 4 nitrogen and oxygen atoms in total. The molecule has 4 heteroatoms. The van der Waals surface area contributed by atoms with E-state index in [1.54, 1.807) is 24.3 Å². The standard InChI is InChI=1S/C12H11NO3/c1-3-9-4-6-10(7-5-9)12(15)13-8-11(14)16-2/h1,4-7H,8H2,2H3,(H,13,15). The third-order valence-corrected chi connectivity index (χ3v) is 1.93. The van der Waals surface area contributed by atoms with Crippen LogP contribution in [-0.4, -0.2) is 25.5 Å². The second kappa shape index (κ2) is 5.56. The molecule has 0 radical (unpaired) electrons. The molecule has 1 aromatic carbocycles. The first kappa shape index (κ1) is 11.8. The molecular formula is C12H11NO3. The Bertz CT molecular complexity index is 429. The number of ether oxygens (including phenoxy) is 1. The fraction of sp³-hybridized carbons (Fsp3) is 0.167. The molecule has 0 saturated heterocycles. The number of rotatable bonds is 3. The molecule has 0 atom stereocenters. The number of methoxy groups -OCH3 is 1. The van der Waals surface area contributed by atoms with Gasteiger partial charge in [0.05, 0.1) is 7.11 Å². The van der Waals surface area contributed by atoms with Crippen LogP contribution in [0.25, 0.3) is 0 Å². The van der Waals surface area contributed by atoms with Gasteiger partial charge in [-0.25, -0.2) is 0 Å². The van der Waals surface area contributed by atoms with Crippen molar-refractivity contribution in [1.29, 1.82) is 0 Å². The third kappa shape index (κ3) is 3.14. The maximum atomic E-state index is 11.5. The molecule has 0 fully saturated rings. The maximum absolute atomic E-state index is 11.5. The summed E-state index contributed by atoms with van der Waals surface area (Å²) in [5.41, 5.74) is 1.15. The summed E-state index contributed by atoms with van der Waals surface area (Å²) in [6, 6.07) is 6.52. The normalized spacial score (nSPS) is 9.00. The topological polar surface area (TPSA) is 55.4 Å². The Morgan fingerprint density at radius 3 is 2.50 bits per heavy atom. The fourth-order valence-corrected chi connectivity index (χ4v) is 1.04. The number of terminal acetylenes is 1. The van der Waals surface area contributed by atoms with Crippen molar-refractivity contribution in [3.05, 3.63) is 35.4 Å². The van der Waals surface area contributed by atoms with E-state index in [1.807, 2.05) is 0 Å². The number of hydrogen-bond acceptors (Lipinski definition) is 3. The van der Waals surface area contributed by atoms with E-state index in [1.165, 1.54) is 7.11 Å². The number of carbonyl (C=O) groups is 2. The van der Waals surface area contributed by atoms with E-state index in [0.717, 1.165) is 0 Å². The van der Waals surface area contributed by atoms with E-state index in [0.29, 0.717) is 11.1 Å². The fourth-order valence-electron chi connectivity index (χ4n) is 1.04. The highest BCUT2D eigenvalue weighted by Gasteiger charge is 2.07. The van der Waals surface area contributed by atoms with E-state index in [-0.39, 0.29) is 12.5 Å². The van der Waals surface area contributed by atoms with Gasteiger partial charge in [-0.2, -0.15) is 0 Å². The lowest BCUT2D eigenvalue weighted by molar-refractivity contribution is -0.139. The third-order valence-electron chi connectivity index (χ3n) is 1.93. The molecule has 0 aliphatic carbocycles. The molecule has 0 heterocycles. The van der Waals surface area contributed by atoms with E-state index in [9.17, 15) is 9.59 Å². The highest BCUT2D eigenvalue weighted by atomic mass is 16.5. The van der Waals surface area contributed by atoms with Crippen LogP contribution < -0.4 is 5.32 Å². The van der Waals surface area contributed by atoms with Crippen molar-refractivity contribution in [3.8, 4) is 12.3 Å². The van der Waals surface area contributed by atoms with Crippen LogP contribution in [0.3, 0.4) is 0 Å². The molecule has 16 heavy (non-hydrogen) atoms. The Labute approximate surface area is 93.6 Å². The molecule has 0 aliphatic rings. The predicted molar refractivity (Wildman–Crippen MR) is 58.7 cm³/mol. The molecular weight excluding hydrogens is 206 g/mol. The zero-order chi connectivity index (χ0) is 12.0. The summed E-state index contributed by atoms with van der Waals surface area (Å²) in [7, 11) is 1.26. The molecule has 1 amide bonds. The Hall–Kier alpha value is -2.28. The van der Waals surface area contributed by atoms with Crippen molar-refractivity contribution in [1.82, 2.24) is 5.32 Å². The second-order valence-corrected chi connectivity index (χ2v) is 2.98. The van der Waals surface area contributed by atoms with Crippen molar-refractivity contribution in [3.63, 3.8) is 0 Å². The van der Waals surface area contributed by atoms with Crippen molar-refractivity contribution >= 4 is 11.9 Å². The summed E-state index contributed by atoms with van der Waals surface area (Å²) >= 11 is 0. The monoisotopic (exact) mass is 217 g/mol. The Balaban J connectivity index is 2.60. The van der Waals surface area contributed by atoms with Crippen LogP contribution in [0.5, 0.6) is 0 Å². The van der Waals surface area contributed by atoms with Crippen LogP contribution >= 0.6 is 0 Å². The van der Waals surface area contributed by atoms with Crippen molar-refractivity contribution in [2.24, 2.45) is 0 Å². The molecule has 0 saturated carbocycles. The van der Waals surface area contributed by atoms with E-state index < -0.39 is 5.97 Å². The SMILES string of the molecule is C#Cc1ccc(C(=O)NCC(=O)OC)cc1.